The number of hydrogen-bond donors (Lipinski definition) is 1. The fraction of sp³-hybridized carbons (Fsp3) is 0.667. The molecule has 0 saturated carbocycles. The molecule has 1 aliphatic rings. The third kappa shape index (κ3) is 1.52. The van der Waals surface area contributed by atoms with Crippen LogP contribution in [0.4, 0.5) is 8.78 Å². The standard InChI is InChI=1S/C9H12F2N2O/c10-9(11,6-14)7-5-13-4-2-1-3-8(13)12-7/h5,14H,1-4,6H2. The SMILES string of the molecule is OCC(F)(F)c1cn2c(n1)CCCC2. The Kier molecular flexibility index (Phi) is 2.26. The minimum Gasteiger partial charge on any atom is -0.390 e. The van der Waals surface area contributed by atoms with E-state index in [1.54, 1.807) is 4.57 Å². The number of fused-ring (bicyclic) bond motifs is 1. The van der Waals surface area contributed by atoms with Crippen LogP contribution in [0.1, 0.15) is 24.4 Å². The third-order valence-corrected chi connectivity index (χ3v) is 2.48. The quantitative estimate of drug-likeness (QED) is 0.785. The maximum Gasteiger partial charge on any atom is 0.313 e. The van der Waals surface area contributed by atoms with E-state index in [-0.39, 0.29) is 5.69 Å². The van der Waals surface area contributed by atoms with E-state index < -0.39 is 12.5 Å². The summed E-state index contributed by atoms with van der Waals surface area (Å²) in [5, 5.41) is 8.51. The average Bonchev–Trinajstić information content (AvgIpc) is 2.61. The van der Waals surface area contributed by atoms with Crippen LogP contribution in [0.3, 0.4) is 0 Å². The second kappa shape index (κ2) is 3.31. The molecule has 0 spiro atoms. The Balaban J connectivity index is 2.32. The van der Waals surface area contributed by atoms with Crippen LogP contribution in [-0.4, -0.2) is 21.3 Å². The number of aliphatic hydroxyl groups is 1. The summed E-state index contributed by atoms with van der Waals surface area (Å²) >= 11 is 0. The van der Waals surface area contributed by atoms with Gasteiger partial charge in [0.2, 0.25) is 0 Å². The van der Waals surface area contributed by atoms with Crippen molar-refractivity contribution in [3.05, 3.63) is 17.7 Å². The largest absolute Gasteiger partial charge is 0.390 e. The van der Waals surface area contributed by atoms with Gasteiger partial charge in [-0.05, 0) is 12.8 Å². The molecule has 1 aromatic heterocycles. The highest BCUT2D eigenvalue weighted by Crippen LogP contribution is 2.27. The van der Waals surface area contributed by atoms with Crippen molar-refractivity contribution in [1.82, 2.24) is 9.55 Å². The van der Waals surface area contributed by atoms with Crippen molar-refractivity contribution in [2.75, 3.05) is 6.61 Å². The summed E-state index contributed by atoms with van der Waals surface area (Å²) in [4.78, 5) is 3.85. The molecule has 0 saturated heterocycles. The second-order valence-electron chi connectivity index (χ2n) is 3.56. The summed E-state index contributed by atoms with van der Waals surface area (Å²) in [7, 11) is 0. The lowest BCUT2D eigenvalue weighted by Crippen LogP contribution is -2.18. The van der Waals surface area contributed by atoms with E-state index in [9.17, 15) is 8.78 Å². The zero-order valence-corrected chi connectivity index (χ0v) is 7.71. The van der Waals surface area contributed by atoms with Gasteiger partial charge in [-0.15, -0.1) is 0 Å². The first-order chi connectivity index (χ1) is 6.63. The van der Waals surface area contributed by atoms with Crippen molar-refractivity contribution in [3.8, 4) is 0 Å². The number of aromatic nitrogens is 2. The minimum atomic E-state index is -3.20. The van der Waals surface area contributed by atoms with Crippen LogP contribution in [0.2, 0.25) is 0 Å². The van der Waals surface area contributed by atoms with Crippen molar-refractivity contribution in [2.45, 2.75) is 31.7 Å². The van der Waals surface area contributed by atoms with Gasteiger partial charge in [0.25, 0.3) is 0 Å². The van der Waals surface area contributed by atoms with Gasteiger partial charge in [0.15, 0.2) is 0 Å². The van der Waals surface area contributed by atoms with Gasteiger partial charge >= 0.3 is 5.92 Å². The number of hydrogen-bond acceptors (Lipinski definition) is 2. The van der Waals surface area contributed by atoms with Crippen molar-refractivity contribution >= 4 is 0 Å². The van der Waals surface area contributed by atoms with Crippen molar-refractivity contribution < 1.29 is 13.9 Å². The monoisotopic (exact) mass is 202 g/mol. The summed E-state index contributed by atoms with van der Waals surface area (Å²) in [6.45, 7) is -0.423. The fourth-order valence-electron chi connectivity index (χ4n) is 1.67. The highest BCUT2D eigenvalue weighted by molar-refractivity contribution is 5.11. The van der Waals surface area contributed by atoms with Crippen LogP contribution in [0, 0.1) is 0 Å². The van der Waals surface area contributed by atoms with E-state index in [0.29, 0.717) is 5.82 Å². The molecule has 0 atom stereocenters. The molecule has 1 aliphatic heterocycles. The van der Waals surface area contributed by atoms with Gasteiger partial charge < -0.3 is 9.67 Å². The predicted octanol–water partition coefficient (Wildman–Crippen LogP) is 1.30. The number of halogens is 2. The van der Waals surface area contributed by atoms with Gasteiger partial charge in [-0.2, -0.15) is 8.78 Å². The van der Waals surface area contributed by atoms with E-state index in [1.165, 1.54) is 6.20 Å². The number of imidazole rings is 1. The van der Waals surface area contributed by atoms with Crippen molar-refractivity contribution in [3.63, 3.8) is 0 Å². The van der Waals surface area contributed by atoms with E-state index in [0.717, 1.165) is 25.8 Å². The lowest BCUT2D eigenvalue weighted by atomic mass is 10.2. The Bertz CT molecular complexity index is 312. The molecule has 0 aromatic carbocycles. The second-order valence-corrected chi connectivity index (χ2v) is 3.56. The van der Waals surface area contributed by atoms with Crippen LogP contribution >= 0.6 is 0 Å². The highest BCUT2D eigenvalue weighted by Gasteiger charge is 2.34. The van der Waals surface area contributed by atoms with Gasteiger partial charge in [0.05, 0.1) is 0 Å². The smallest absolute Gasteiger partial charge is 0.313 e. The molecule has 0 fully saturated rings. The Morgan fingerprint density at radius 3 is 2.93 bits per heavy atom. The molecule has 0 unspecified atom stereocenters. The van der Waals surface area contributed by atoms with Crippen LogP contribution in [0.5, 0.6) is 0 Å². The maximum atomic E-state index is 13.0. The van der Waals surface area contributed by atoms with Gasteiger partial charge in [0.1, 0.15) is 18.1 Å². The molecule has 2 heterocycles. The molecule has 14 heavy (non-hydrogen) atoms. The van der Waals surface area contributed by atoms with Gasteiger partial charge in [0, 0.05) is 19.2 Å². The van der Waals surface area contributed by atoms with Crippen LogP contribution < -0.4 is 0 Å². The molecular formula is C9H12F2N2O. The van der Waals surface area contributed by atoms with E-state index in [4.69, 9.17) is 5.11 Å². The molecule has 0 aliphatic carbocycles. The molecule has 1 N–H and O–H groups in total. The minimum absolute atomic E-state index is 0.308. The van der Waals surface area contributed by atoms with E-state index in [2.05, 4.69) is 4.98 Å². The summed E-state index contributed by atoms with van der Waals surface area (Å²) in [5.41, 5.74) is -0.308. The first-order valence-corrected chi connectivity index (χ1v) is 4.69. The van der Waals surface area contributed by atoms with Crippen molar-refractivity contribution in [2.24, 2.45) is 0 Å². The average molecular weight is 202 g/mol. The molecule has 0 bridgehead atoms. The molecule has 0 amide bonds. The van der Waals surface area contributed by atoms with Crippen molar-refractivity contribution in [1.29, 1.82) is 0 Å². The Hall–Kier alpha value is -0.970. The molecular weight excluding hydrogens is 190 g/mol. The molecule has 0 radical (unpaired) electrons. The summed E-state index contributed by atoms with van der Waals surface area (Å²) in [6.07, 6.45) is 4.11. The number of aliphatic hydroxyl groups excluding tert-OH is 1. The molecule has 3 nitrogen and oxygen atoms in total. The van der Waals surface area contributed by atoms with Crippen LogP contribution in [0.25, 0.3) is 0 Å². The topological polar surface area (TPSA) is 38.0 Å². The summed E-state index contributed by atoms with van der Waals surface area (Å²) in [6, 6.07) is 0. The summed E-state index contributed by atoms with van der Waals surface area (Å²) < 4.78 is 27.8. The maximum absolute atomic E-state index is 13.0. The van der Waals surface area contributed by atoms with E-state index >= 15 is 0 Å². The zero-order valence-electron chi connectivity index (χ0n) is 7.71. The third-order valence-electron chi connectivity index (χ3n) is 2.48. The first kappa shape index (κ1) is 9.58. The fourth-order valence-corrected chi connectivity index (χ4v) is 1.67. The van der Waals surface area contributed by atoms with Crippen LogP contribution in [-0.2, 0) is 18.9 Å². The molecule has 5 heteroatoms. The van der Waals surface area contributed by atoms with E-state index in [1.807, 2.05) is 0 Å². The lowest BCUT2D eigenvalue weighted by Gasteiger charge is -2.11. The number of alkyl halides is 2. The first-order valence-electron chi connectivity index (χ1n) is 4.69. The Morgan fingerprint density at radius 1 is 1.50 bits per heavy atom. The Labute approximate surface area is 80.4 Å². The predicted molar refractivity (Wildman–Crippen MR) is 46.1 cm³/mol. The zero-order chi connectivity index (χ0) is 10.2. The van der Waals surface area contributed by atoms with Crippen LogP contribution in [0.15, 0.2) is 6.20 Å². The van der Waals surface area contributed by atoms with Gasteiger partial charge in [-0.25, -0.2) is 4.98 Å². The van der Waals surface area contributed by atoms with Gasteiger partial charge in [-0.3, -0.25) is 0 Å². The number of rotatable bonds is 2. The Morgan fingerprint density at radius 2 is 2.29 bits per heavy atom. The molecule has 1 aromatic rings. The molecule has 78 valence electrons. The number of nitrogens with zero attached hydrogens (tertiary/aromatic N) is 2. The lowest BCUT2D eigenvalue weighted by molar-refractivity contribution is -0.0590. The highest BCUT2D eigenvalue weighted by atomic mass is 19.3. The molecule has 2 rings (SSSR count). The van der Waals surface area contributed by atoms with Gasteiger partial charge in [-0.1, -0.05) is 0 Å². The number of aryl methyl sites for hydroxylation is 2. The summed E-state index contributed by atoms with van der Waals surface area (Å²) in [5.74, 6) is -2.50. The normalized spacial score (nSPS) is 16.8.